The molecule has 0 atom stereocenters. The quantitative estimate of drug-likeness (QED) is 0.720. The van der Waals surface area contributed by atoms with Gasteiger partial charge in [-0.15, -0.1) is 0 Å². The van der Waals surface area contributed by atoms with E-state index in [-0.39, 0.29) is 11.1 Å². The number of hydrogen-bond acceptors (Lipinski definition) is 3. The van der Waals surface area contributed by atoms with Crippen molar-refractivity contribution in [2.24, 2.45) is 0 Å². The maximum Gasteiger partial charge on any atom is 0.335 e. The van der Waals surface area contributed by atoms with Crippen molar-refractivity contribution < 1.29 is 14.7 Å². The fourth-order valence-electron chi connectivity index (χ4n) is 1.69. The average molecular weight is 370 g/mol. The lowest BCUT2D eigenvalue weighted by molar-refractivity contribution is 0.0696. The molecule has 21 heavy (non-hydrogen) atoms. The van der Waals surface area contributed by atoms with E-state index < -0.39 is 11.9 Å². The molecule has 0 heterocycles. The zero-order valence-corrected chi connectivity index (χ0v) is 12.9. The lowest BCUT2D eigenvalue weighted by atomic mass is 10.1. The number of rotatable bonds is 3. The van der Waals surface area contributed by atoms with Crippen LogP contribution in [0.15, 0.2) is 40.9 Å². The van der Waals surface area contributed by atoms with Crippen molar-refractivity contribution in [1.29, 1.82) is 0 Å². The molecule has 4 N–H and O–H groups in total. The first-order valence-electron chi connectivity index (χ1n) is 5.77. The fraction of sp³-hybridized carbons (Fsp3) is 0. The van der Waals surface area contributed by atoms with Crippen molar-refractivity contribution in [3.63, 3.8) is 0 Å². The third-order valence-electron chi connectivity index (χ3n) is 2.64. The summed E-state index contributed by atoms with van der Waals surface area (Å²) in [4.78, 5) is 23.1. The molecule has 0 aliphatic heterocycles. The van der Waals surface area contributed by atoms with Crippen LogP contribution in [0.5, 0.6) is 0 Å². The molecule has 0 aliphatic rings. The van der Waals surface area contributed by atoms with Crippen LogP contribution in [-0.4, -0.2) is 17.0 Å². The lowest BCUT2D eigenvalue weighted by Crippen LogP contribution is -2.13. The number of carboxylic acid groups (broad SMARTS) is 1. The van der Waals surface area contributed by atoms with Gasteiger partial charge in [0, 0.05) is 20.7 Å². The van der Waals surface area contributed by atoms with Gasteiger partial charge in [-0.3, -0.25) is 4.79 Å². The number of benzene rings is 2. The minimum absolute atomic E-state index is 0.0686. The Morgan fingerprint density at radius 2 is 1.86 bits per heavy atom. The Balaban J connectivity index is 2.31. The Hall–Kier alpha value is -2.05. The molecule has 1 amide bonds. The van der Waals surface area contributed by atoms with Gasteiger partial charge < -0.3 is 16.2 Å². The monoisotopic (exact) mass is 368 g/mol. The third kappa shape index (κ3) is 3.74. The second-order valence-electron chi connectivity index (χ2n) is 4.23. The highest BCUT2D eigenvalue weighted by Crippen LogP contribution is 2.25. The summed E-state index contributed by atoms with van der Waals surface area (Å²) in [6.07, 6.45) is 0. The second-order valence-corrected chi connectivity index (χ2v) is 5.52. The number of carboxylic acids is 1. The summed E-state index contributed by atoms with van der Waals surface area (Å²) in [5.41, 5.74) is 6.70. The molecular formula is C14H10BrClN2O3. The Morgan fingerprint density at radius 3 is 2.48 bits per heavy atom. The van der Waals surface area contributed by atoms with E-state index in [2.05, 4.69) is 21.2 Å². The van der Waals surface area contributed by atoms with Crippen LogP contribution in [-0.2, 0) is 0 Å². The Bertz CT molecular complexity index is 714. The molecule has 0 aromatic heterocycles. The van der Waals surface area contributed by atoms with Gasteiger partial charge in [-0.05, 0) is 52.3 Å². The third-order valence-corrected chi connectivity index (χ3v) is 3.55. The van der Waals surface area contributed by atoms with Gasteiger partial charge in [0.05, 0.1) is 11.3 Å². The number of nitrogen functional groups attached to an aromatic ring is 1. The first-order chi connectivity index (χ1) is 9.86. The minimum atomic E-state index is -1.08. The van der Waals surface area contributed by atoms with E-state index in [0.29, 0.717) is 20.9 Å². The molecule has 7 heteroatoms. The minimum Gasteiger partial charge on any atom is -0.478 e. The van der Waals surface area contributed by atoms with E-state index >= 15 is 0 Å². The molecule has 0 saturated heterocycles. The van der Waals surface area contributed by atoms with E-state index in [1.54, 1.807) is 6.07 Å². The van der Waals surface area contributed by atoms with Gasteiger partial charge in [0.25, 0.3) is 5.91 Å². The van der Waals surface area contributed by atoms with Crippen LogP contribution in [0.2, 0.25) is 5.02 Å². The second kappa shape index (κ2) is 6.15. The molecule has 5 nitrogen and oxygen atoms in total. The number of carbonyl (C=O) groups is 2. The zero-order valence-electron chi connectivity index (χ0n) is 10.6. The maximum atomic E-state index is 12.2. The molecule has 0 saturated carbocycles. The van der Waals surface area contributed by atoms with Gasteiger partial charge >= 0.3 is 5.97 Å². The van der Waals surface area contributed by atoms with E-state index in [1.807, 2.05) is 0 Å². The van der Waals surface area contributed by atoms with Crippen LogP contribution in [0.25, 0.3) is 0 Å². The first kappa shape index (κ1) is 15.3. The van der Waals surface area contributed by atoms with Crippen molar-refractivity contribution in [1.82, 2.24) is 0 Å². The van der Waals surface area contributed by atoms with Crippen molar-refractivity contribution in [3.05, 3.63) is 57.0 Å². The summed E-state index contributed by atoms with van der Waals surface area (Å²) in [5.74, 6) is -1.52. The van der Waals surface area contributed by atoms with Crippen molar-refractivity contribution in [3.8, 4) is 0 Å². The summed E-state index contributed by atoms with van der Waals surface area (Å²) in [6.45, 7) is 0. The molecule has 2 aromatic rings. The molecule has 0 radical (unpaired) electrons. The van der Waals surface area contributed by atoms with E-state index in [1.165, 1.54) is 30.3 Å². The predicted molar refractivity (Wildman–Crippen MR) is 84.9 cm³/mol. The zero-order chi connectivity index (χ0) is 15.6. The number of nitrogens with two attached hydrogens (primary N) is 1. The predicted octanol–water partition coefficient (Wildman–Crippen LogP) is 3.64. The fourth-order valence-corrected chi connectivity index (χ4v) is 2.28. The Morgan fingerprint density at radius 1 is 1.14 bits per heavy atom. The van der Waals surface area contributed by atoms with Gasteiger partial charge in [-0.25, -0.2) is 4.79 Å². The van der Waals surface area contributed by atoms with E-state index in [0.717, 1.165) is 0 Å². The molecule has 2 aromatic carbocycles. The molecule has 0 aliphatic carbocycles. The first-order valence-corrected chi connectivity index (χ1v) is 6.94. The molecular weight excluding hydrogens is 360 g/mol. The van der Waals surface area contributed by atoms with Gasteiger partial charge in [-0.2, -0.15) is 0 Å². The van der Waals surface area contributed by atoms with Crippen LogP contribution in [0, 0.1) is 0 Å². The van der Waals surface area contributed by atoms with Gasteiger partial charge in [-0.1, -0.05) is 11.6 Å². The van der Waals surface area contributed by atoms with Crippen LogP contribution in [0.4, 0.5) is 11.4 Å². The van der Waals surface area contributed by atoms with Gasteiger partial charge in [0.15, 0.2) is 0 Å². The van der Waals surface area contributed by atoms with Crippen molar-refractivity contribution in [2.45, 2.75) is 0 Å². The smallest absolute Gasteiger partial charge is 0.335 e. The van der Waals surface area contributed by atoms with Gasteiger partial charge in [0.1, 0.15) is 0 Å². The van der Waals surface area contributed by atoms with Crippen molar-refractivity contribution >= 4 is 50.8 Å². The van der Waals surface area contributed by atoms with E-state index in [9.17, 15) is 9.59 Å². The Kier molecular flexibility index (Phi) is 4.50. The number of carbonyl (C=O) groups excluding carboxylic acids is 1. The lowest BCUT2D eigenvalue weighted by Gasteiger charge is -2.09. The van der Waals surface area contributed by atoms with E-state index in [4.69, 9.17) is 22.4 Å². The summed E-state index contributed by atoms with van der Waals surface area (Å²) >= 11 is 9.10. The van der Waals surface area contributed by atoms with Crippen LogP contribution in [0.3, 0.4) is 0 Å². The molecule has 108 valence electrons. The molecule has 0 spiro atoms. The number of anilines is 2. The van der Waals surface area contributed by atoms with Crippen molar-refractivity contribution in [2.75, 3.05) is 11.1 Å². The molecule has 0 unspecified atom stereocenters. The largest absolute Gasteiger partial charge is 0.478 e. The molecule has 0 fully saturated rings. The molecule has 0 bridgehead atoms. The highest BCUT2D eigenvalue weighted by molar-refractivity contribution is 9.10. The topological polar surface area (TPSA) is 92.4 Å². The molecule has 2 rings (SSSR count). The van der Waals surface area contributed by atoms with Crippen LogP contribution >= 0.6 is 27.5 Å². The summed E-state index contributed by atoms with van der Waals surface area (Å²) in [5, 5.41) is 11.9. The maximum absolute atomic E-state index is 12.2. The standard InChI is InChI=1S/C14H10BrClN2O3/c15-11-2-1-7(14(20)21)5-12(11)18-13(19)8-3-9(16)6-10(17)4-8/h1-6H,17H2,(H,18,19)(H,20,21). The highest BCUT2D eigenvalue weighted by atomic mass is 79.9. The summed E-state index contributed by atoms with van der Waals surface area (Å²) in [7, 11) is 0. The normalized spacial score (nSPS) is 10.2. The number of amides is 1. The average Bonchev–Trinajstić information content (AvgIpc) is 2.39. The number of halogens is 2. The highest BCUT2D eigenvalue weighted by Gasteiger charge is 2.12. The Labute approximate surface area is 133 Å². The van der Waals surface area contributed by atoms with Gasteiger partial charge in [0.2, 0.25) is 0 Å². The number of aromatic carboxylic acids is 1. The summed E-state index contributed by atoms with van der Waals surface area (Å²) < 4.78 is 0.566. The number of hydrogen-bond donors (Lipinski definition) is 3. The van der Waals surface area contributed by atoms with Crippen LogP contribution in [0.1, 0.15) is 20.7 Å². The SMILES string of the molecule is Nc1cc(Cl)cc(C(=O)Nc2cc(C(=O)O)ccc2Br)c1. The van der Waals surface area contributed by atoms with Crippen LogP contribution < -0.4 is 11.1 Å². The summed E-state index contributed by atoms with van der Waals surface area (Å²) in [6, 6.07) is 8.82. The number of nitrogens with one attached hydrogen (secondary N) is 1.